The highest BCUT2D eigenvalue weighted by Crippen LogP contribution is 2.64. The highest BCUT2D eigenvalue weighted by molar-refractivity contribution is 7.91. The van der Waals surface area contributed by atoms with Crippen LogP contribution in [-0.4, -0.2) is 38.3 Å². The van der Waals surface area contributed by atoms with Gasteiger partial charge in [0, 0.05) is 17.9 Å². The lowest BCUT2D eigenvalue weighted by molar-refractivity contribution is -0.128. The fourth-order valence-corrected chi connectivity index (χ4v) is 7.41. The molecule has 1 aliphatic heterocycles. The molecule has 2 saturated carbocycles. The molecule has 3 fully saturated rings. The van der Waals surface area contributed by atoms with E-state index in [0.29, 0.717) is 18.3 Å². The number of hydrogen-bond acceptors (Lipinski definition) is 4. The number of fused-ring (bicyclic) bond motifs is 2. The summed E-state index contributed by atoms with van der Waals surface area (Å²) in [6.07, 6.45) is 3.28. The first-order chi connectivity index (χ1) is 9.66. The summed E-state index contributed by atoms with van der Waals surface area (Å²) in [5.74, 6) is 1.37. The summed E-state index contributed by atoms with van der Waals surface area (Å²) >= 11 is 0. The third-order valence-electron chi connectivity index (χ3n) is 6.50. The normalized spacial score (nSPS) is 41.9. The number of nitrogens with one attached hydrogen (secondary N) is 1. The molecule has 1 unspecified atom stereocenters. The van der Waals surface area contributed by atoms with Crippen LogP contribution in [0.5, 0.6) is 0 Å². The Morgan fingerprint density at radius 2 is 2.05 bits per heavy atom. The van der Waals surface area contributed by atoms with Crippen LogP contribution in [0.1, 0.15) is 46.5 Å². The van der Waals surface area contributed by atoms with Gasteiger partial charge in [-0.1, -0.05) is 20.8 Å². The fraction of sp³-hybridized carbons (Fsp3) is 0.938. The maximum Gasteiger partial charge on any atom is 0.152 e. The van der Waals surface area contributed by atoms with E-state index in [-0.39, 0.29) is 28.7 Å². The van der Waals surface area contributed by atoms with Crippen LogP contribution in [0, 0.1) is 22.7 Å². The van der Waals surface area contributed by atoms with Crippen molar-refractivity contribution in [1.29, 1.82) is 0 Å². The quantitative estimate of drug-likeness (QED) is 0.859. The average molecular weight is 313 g/mol. The van der Waals surface area contributed by atoms with Crippen molar-refractivity contribution in [2.24, 2.45) is 22.7 Å². The summed E-state index contributed by atoms with van der Waals surface area (Å²) in [4.78, 5) is 12.5. The largest absolute Gasteiger partial charge is 0.313 e. The van der Waals surface area contributed by atoms with Gasteiger partial charge in [-0.25, -0.2) is 8.42 Å². The van der Waals surface area contributed by atoms with Crippen LogP contribution < -0.4 is 5.32 Å². The highest BCUT2D eigenvalue weighted by Gasteiger charge is 2.65. The molecule has 0 aromatic carbocycles. The van der Waals surface area contributed by atoms with Gasteiger partial charge in [0.25, 0.3) is 0 Å². The van der Waals surface area contributed by atoms with E-state index in [0.717, 1.165) is 25.8 Å². The molecular weight excluding hydrogens is 286 g/mol. The summed E-state index contributed by atoms with van der Waals surface area (Å²) in [7, 11) is -3.20. The Bertz CT molecular complexity index is 554. The number of carbonyl (C=O) groups excluding carboxylic acids is 1. The molecule has 4 nitrogen and oxygen atoms in total. The molecule has 2 aliphatic carbocycles. The van der Waals surface area contributed by atoms with Gasteiger partial charge in [0.1, 0.15) is 5.78 Å². The van der Waals surface area contributed by atoms with Crippen molar-refractivity contribution in [3.63, 3.8) is 0 Å². The molecular formula is C16H27NO3S. The second kappa shape index (κ2) is 4.79. The number of hydrogen-bond donors (Lipinski definition) is 1. The van der Waals surface area contributed by atoms with Crippen LogP contribution in [0.15, 0.2) is 0 Å². The topological polar surface area (TPSA) is 63.2 Å². The Labute approximate surface area is 128 Å². The zero-order valence-corrected chi connectivity index (χ0v) is 14.1. The fourth-order valence-electron chi connectivity index (χ4n) is 5.00. The van der Waals surface area contributed by atoms with Gasteiger partial charge in [0.2, 0.25) is 0 Å². The number of ketones is 1. The maximum absolute atomic E-state index is 12.7. The predicted octanol–water partition coefficient (Wildman–Crippen LogP) is 1.79. The average Bonchev–Trinajstić information content (AvgIpc) is 2.89. The van der Waals surface area contributed by atoms with Crippen molar-refractivity contribution in [3.8, 4) is 0 Å². The van der Waals surface area contributed by atoms with Crippen molar-refractivity contribution in [2.75, 3.05) is 18.1 Å². The van der Waals surface area contributed by atoms with Gasteiger partial charge in [0.05, 0.1) is 11.5 Å². The highest BCUT2D eigenvalue weighted by atomic mass is 32.2. The Kier molecular flexibility index (Phi) is 3.53. The van der Waals surface area contributed by atoms with Gasteiger partial charge in [-0.15, -0.1) is 0 Å². The number of carbonyl (C=O) groups is 1. The molecule has 4 atom stereocenters. The molecule has 0 spiro atoms. The zero-order valence-electron chi connectivity index (χ0n) is 13.3. The van der Waals surface area contributed by atoms with Crippen LogP contribution in [0.25, 0.3) is 0 Å². The third kappa shape index (κ3) is 2.37. The molecule has 21 heavy (non-hydrogen) atoms. The SMILES string of the molecule is C[C@H]1CN[C@H](CS(=O)(=O)C[C@]23CCC(CC2=O)C3(C)C)C1. The molecule has 3 aliphatic rings. The molecule has 1 N–H and O–H groups in total. The van der Waals surface area contributed by atoms with Crippen molar-refractivity contribution in [1.82, 2.24) is 5.32 Å². The van der Waals surface area contributed by atoms with Crippen LogP contribution in [-0.2, 0) is 14.6 Å². The van der Waals surface area contributed by atoms with Crippen molar-refractivity contribution < 1.29 is 13.2 Å². The van der Waals surface area contributed by atoms with E-state index < -0.39 is 15.3 Å². The summed E-state index contributed by atoms with van der Waals surface area (Å²) in [6.45, 7) is 7.24. The van der Waals surface area contributed by atoms with E-state index in [1.54, 1.807) is 0 Å². The van der Waals surface area contributed by atoms with Crippen LogP contribution in [0.3, 0.4) is 0 Å². The second-order valence-electron chi connectivity index (χ2n) is 8.17. The predicted molar refractivity (Wildman–Crippen MR) is 82.8 cm³/mol. The summed E-state index contributed by atoms with van der Waals surface area (Å²) in [6, 6.07) is 0.0678. The molecule has 3 rings (SSSR count). The van der Waals surface area contributed by atoms with Crippen molar-refractivity contribution in [2.45, 2.75) is 52.5 Å². The van der Waals surface area contributed by atoms with Gasteiger partial charge in [-0.05, 0) is 43.1 Å². The molecule has 0 amide bonds. The van der Waals surface area contributed by atoms with E-state index in [9.17, 15) is 13.2 Å². The molecule has 1 heterocycles. The van der Waals surface area contributed by atoms with Gasteiger partial charge in [-0.2, -0.15) is 0 Å². The minimum atomic E-state index is -3.20. The van der Waals surface area contributed by atoms with Crippen LogP contribution in [0.2, 0.25) is 0 Å². The molecule has 120 valence electrons. The van der Waals surface area contributed by atoms with Crippen molar-refractivity contribution in [3.05, 3.63) is 0 Å². The monoisotopic (exact) mass is 313 g/mol. The summed E-state index contributed by atoms with van der Waals surface area (Å²) in [5.41, 5.74) is -0.770. The number of rotatable bonds is 4. The van der Waals surface area contributed by atoms with E-state index in [2.05, 4.69) is 26.1 Å². The molecule has 5 heteroatoms. The van der Waals surface area contributed by atoms with E-state index in [4.69, 9.17) is 0 Å². The van der Waals surface area contributed by atoms with Crippen LogP contribution in [0.4, 0.5) is 0 Å². The lowest BCUT2D eigenvalue weighted by Crippen LogP contribution is -2.44. The first-order valence-electron chi connectivity index (χ1n) is 8.13. The summed E-state index contributed by atoms with van der Waals surface area (Å²) < 4.78 is 25.3. The lowest BCUT2D eigenvalue weighted by atomic mass is 9.70. The van der Waals surface area contributed by atoms with E-state index >= 15 is 0 Å². The van der Waals surface area contributed by atoms with Gasteiger partial charge in [0.15, 0.2) is 9.84 Å². The second-order valence-corrected chi connectivity index (χ2v) is 10.3. The zero-order chi connectivity index (χ0) is 15.5. The Morgan fingerprint density at radius 1 is 1.33 bits per heavy atom. The van der Waals surface area contributed by atoms with Gasteiger partial charge in [-0.3, -0.25) is 4.79 Å². The van der Waals surface area contributed by atoms with E-state index in [1.165, 1.54) is 0 Å². The Morgan fingerprint density at radius 3 is 2.52 bits per heavy atom. The van der Waals surface area contributed by atoms with Gasteiger partial charge >= 0.3 is 0 Å². The lowest BCUT2D eigenvalue weighted by Gasteiger charge is -2.36. The standard InChI is InChI=1S/C16H27NO3S/c1-11-6-13(17-8-11)9-21(19,20)10-16-5-4-12(7-14(16)18)15(16,2)3/h11-13,17H,4-10H2,1-3H3/t11-,12?,13+,16-/m1/s1. The molecule has 0 aromatic heterocycles. The molecule has 0 radical (unpaired) electrons. The molecule has 2 bridgehead atoms. The third-order valence-corrected chi connectivity index (χ3v) is 8.35. The molecule has 0 aromatic rings. The minimum Gasteiger partial charge on any atom is -0.313 e. The van der Waals surface area contributed by atoms with Gasteiger partial charge < -0.3 is 5.32 Å². The smallest absolute Gasteiger partial charge is 0.152 e. The van der Waals surface area contributed by atoms with Crippen LogP contribution >= 0.6 is 0 Å². The number of Topliss-reactive ketones (excluding diaryl/α,β-unsaturated/α-hetero) is 1. The van der Waals surface area contributed by atoms with E-state index in [1.807, 2.05) is 0 Å². The maximum atomic E-state index is 12.7. The van der Waals surface area contributed by atoms with Crippen molar-refractivity contribution >= 4 is 15.6 Å². The Balaban J connectivity index is 1.77. The summed E-state index contributed by atoms with van der Waals surface area (Å²) in [5, 5.41) is 3.30. The number of sulfone groups is 1. The first kappa shape index (κ1) is 15.5. The molecule has 1 saturated heterocycles. The minimum absolute atomic E-state index is 0.0644. The Hall–Kier alpha value is -0.420. The first-order valence-corrected chi connectivity index (χ1v) is 9.95.